The molecule has 0 atom stereocenters. The Morgan fingerprint density at radius 1 is 0.857 bits per heavy atom. The van der Waals surface area contributed by atoms with Crippen LogP contribution < -0.4 is 8.40 Å². The Morgan fingerprint density at radius 2 is 1.07 bits per heavy atom. The van der Waals surface area contributed by atoms with Gasteiger partial charge in [0, 0.05) is 19.6 Å². The SMILES string of the molecule is OCCN(CCO)CCO.[O-][Br+2]([O-])O. The first kappa shape index (κ1) is 16.6. The third-order valence-electron chi connectivity index (χ3n) is 1.25. The first-order valence-corrected chi connectivity index (χ1v) is 5.88. The molecule has 8 heteroatoms. The molecular weight excluding hydrogens is 262 g/mol. The largest absolute Gasteiger partial charge is 0.433 e. The van der Waals surface area contributed by atoms with Gasteiger partial charge in [-0.15, -0.1) is 0 Å². The number of rotatable bonds is 6. The molecule has 0 aromatic heterocycles. The normalized spacial score (nSPS) is 10.3. The van der Waals surface area contributed by atoms with Crippen molar-refractivity contribution in [2.45, 2.75) is 0 Å². The van der Waals surface area contributed by atoms with E-state index in [1.54, 1.807) is 4.90 Å². The molecule has 0 fully saturated rings. The second-order valence-corrected chi connectivity index (χ2v) is 3.06. The topological polar surface area (TPSA) is 130 Å². The minimum atomic E-state index is -3.40. The molecule has 7 nitrogen and oxygen atoms in total. The van der Waals surface area contributed by atoms with Crippen LogP contribution in [-0.4, -0.2) is 63.9 Å². The molecule has 0 aliphatic carbocycles. The van der Waals surface area contributed by atoms with Crippen LogP contribution >= 0.6 is 0 Å². The molecule has 0 aliphatic rings. The Morgan fingerprint density at radius 3 is 1.21 bits per heavy atom. The fraction of sp³-hybridized carbons (Fsp3) is 1.00. The van der Waals surface area contributed by atoms with Crippen molar-refractivity contribution < 1.29 is 42.7 Å². The molecule has 0 amide bonds. The van der Waals surface area contributed by atoms with Crippen LogP contribution in [0.4, 0.5) is 0 Å². The van der Waals surface area contributed by atoms with Crippen molar-refractivity contribution in [1.29, 1.82) is 0 Å². The highest BCUT2D eigenvalue weighted by Gasteiger charge is 2.00. The highest BCUT2D eigenvalue weighted by atomic mass is 80.0. The van der Waals surface area contributed by atoms with Crippen LogP contribution in [0.3, 0.4) is 0 Å². The van der Waals surface area contributed by atoms with E-state index in [1.807, 2.05) is 0 Å². The van der Waals surface area contributed by atoms with E-state index in [0.29, 0.717) is 19.6 Å². The van der Waals surface area contributed by atoms with Crippen molar-refractivity contribution in [2.24, 2.45) is 0 Å². The summed E-state index contributed by atoms with van der Waals surface area (Å²) in [7, 11) is 0. The van der Waals surface area contributed by atoms with E-state index in [9.17, 15) is 0 Å². The van der Waals surface area contributed by atoms with Gasteiger partial charge in [0.25, 0.3) is 0 Å². The van der Waals surface area contributed by atoms with E-state index in [4.69, 9.17) is 27.9 Å². The van der Waals surface area contributed by atoms with Crippen LogP contribution in [0.25, 0.3) is 0 Å². The van der Waals surface area contributed by atoms with Gasteiger partial charge in [-0.05, 0) is 4.20 Å². The zero-order chi connectivity index (χ0) is 11.4. The highest BCUT2D eigenvalue weighted by Crippen LogP contribution is 1.84. The van der Waals surface area contributed by atoms with Crippen molar-refractivity contribution in [3.8, 4) is 0 Å². The van der Waals surface area contributed by atoms with Gasteiger partial charge in [0.05, 0.1) is 19.8 Å². The molecule has 0 heterocycles. The Labute approximate surface area is 87.7 Å². The second-order valence-electron chi connectivity index (χ2n) is 2.21. The molecule has 0 rings (SSSR count). The van der Waals surface area contributed by atoms with Crippen molar-refractivity contribution >= 4 is 0 Å². The number of aliphatic hydroxyl groups excluding tert-OH is 3. The Kier molecular flexibility index (Phi) is 15.7. The van der Waals surface area contributed by atoms with Crippen LogP contribution in [0.5, 0.6) is 0 Å². The van der Waals surface area contributed by atoms with Gasteiger partial charge in [-0.25, -0.2) is 0 Å². The molecule has 4 N–H and O–H groups in total. The van der Waals surface area contributed by atoms with Gasteiger partial charge >= 0.3 is 14.8 Å². The van der Waals surface area contributed by atoms with Crippen molar-refractivity contribution in [1.82, 2.24) is 4.90 Å². The zero-order valence-electron chi connectivity index (χ0n) is 7.67. The van der Waals surface area contributed by atoms with E-state index >= 15 is 0 Å². The summed E-state index contributed by atoms with van der Waals surface area (Å²) < 4.78 is 24.3. The molecule has 0 bridgehead atoms. The fourth-order valence-corrected chi connectivity index (χ4v) is 0.760. The summed E-state index contributed by atoms with van der Waals surface area (Å²) in [5.41, 5.74) is 0. The Hall–Kier alpha value is 0.200. The summed E-state index contributed by atoms with van der Waals surface area (Å²) in [5, 5.41) is 25.5. The van der Waals surface area contributed by atoms with Crippen LogP contribution in [-0.2, 0) is 0 Å². The van der Waals surface area contributed by atoms with Gasteiger partial charge in [0.2, 0.25) is 0 Å². The summed E-state index contributed by atoms with van der Waals surface area (Å²) in [6, 6.07) is 0. The number of aliphatic hydroxyl groups is 3. The molecule has 0 aromatic carbocycles. The third kappa shape index (κ3) is 18.1. The molecule has 14 heavy (non-hydrogen) atoms. The molecule has 88 valence electrons. The van der Waals surface area contributed by atoms with Crippen LogP contribution in [0.1, 0.15) is 0 Å². The molecule has 0 saturated heterocycles. The standard InChI is InChI=1S/C6H15NO3.BrHO3/c8-4-1-7(2-5-9)3-6-10;2-1(3)4/h8-10H,1-6H2;2H. The molecule has 0 radical (unpaired) electrons. The summed E-state index contributed by atoms with van der Waals surface area (Å²) in [6.07, 6.45) is 0. The van der Waals surface area contributed by atoms with Gasteiger partial charge in [-0.2, -0.15) is 0 Å². The summed E-state index contributed by atoms with van der Waals surface area (Å²) >= 11 is -3.40. The molecule has 0 aliphatic heterocycles. The maximum atomic E-state index is 8.63. The number of halogens is 1. The smallest absolute Gasteiger partial charge is 0.395 e. The predicted molar refractivity (Wildman–Crippen MR) is 39.9 cm³/mol. The Balaban J connectivity index is 0. The maximum Gasteiger partial charge on any atom is 0.433 e. The fourth-order valence-electron chi connectivity index (χ4n) is 0.760. The molecule has 0 spiro atoms. The lowest BCUT2D eigenvalue weighted by molar-refractivity contribution is -1.63. The molecular formula is C6H16BrNO6. The first-order valence-electron chi connectivity index (χ1n) is 3.88. The van der Waals surface area contributed by atoms with Gasteiger partial charge in [0.1, 0.15) is 0 Å². The monoisotopic (exact) mass is 277 g/mol. The van der Waals surface area contributed by atoms with Crippen LogP contribution in [0, 0.1) is 14.8 Å². The molecule has 0 saturated carbocycles. The maximum absolute atomic E-state index is 8.63. The van der Waals surface area contributed by atoms with Crippen LogP contribution in [0.15, 0.2) is 0 Å². The summed E-state index contributed by atoms with van der Waals surface area (Å²) in [5.74, 6) is 0. The average Bonchev–Trinajstić information content (AvgIpc) is 2.04. The van der Waals surface area contributed by atoms with Gasteiger partial charge in [-0.1, -0.05) is 0 Å². The first-order chi connectivity index (χ1) is 6.58. The van der Waals surface area contributed by atoms with E-state index < -0.39 is 14.8 Å². The van der Waals surface area contributed by atoms with E-state index in [0.717, 1.165) is 0 Å². The van der Waals surface area contributed by atoms with E-state index in [-0.39, 0.29) is 19.8 Å². The quantitative estimate of drug-likeness (QED) is 0.384. The van der Waals surface area contributed by atoms with Crippen molar-refractivity contribution in [2.75, 3.05) is 39.5 Å². The third-order valence-corrected chi connectivity index (χ3v) is 1.25. The minimum Gasteiger partial charge on any atom is -0.395 e. The van der Waals surface area contributed by atoms with Crippen LogP contribution in [0.2, 0.25) is 0 Å². The van der Waals surface area contributed by atoms with Gasteiger partial charge < -0.3 is 23.7 Å². The lowest BCUT2D eigenvalue weighted by Crippen LogP contribution is -2.32. The van der Waals surface area contributed by atoms with Gasteiger partial charge in [-0.3, -0.25) is 4.90 Å². The summed E-state index contributed by atoms with van der Waals surface area (Å²) in [4.78, 5) is 1.79. The Bertz CT molecular complexity index is 89.3. The number of nitrogens with zero attached hydrogens (tertiary/aromatic N) is 1. The predicted octanol–water partition coefficient (Wildman–Crippen LogP) is -4.67. The average molecular weight is 278 g/mol. The number of hydrogen-bond donors (Lipinski definition) is 4. The lowest BCUT2D eigenvalue weighted by Gasteiger charge is -2.17. The molecule has 0 unspecified atom stereocenters. The van der Waals surface area contributed by atoms with Crippen molar-refractivity contribution in [3.05, 3.63) is 0 Å². The van der Waals surface area contributed by atoms with Crippen molar-refractivity contribution in [3.63, 3.8) is 0 Å². The highest BCUT2D eigenvalue weighted by molar-refractivity contribution is 4.54. The summed E-state index contributed by atoms with van der Waals surface area (Å²) in [6.45, 7) is 1.75. The van der Waals surface area contributed by atoms with E-state index in [2.05, 4.69) is 0 Å². The van der Waals surface area contributed by atoms with E-state index in [1.165, 1.54) is 0 Å². The molecule has 0 aromatic rings. The zero-order valence-corrected chi connectivity index (χ0v) is 9.26. The second kappa shape index (κ2) is 13.2. The minimum absolute atomic E-state index is 0.0694. The number of hydrogen-bond acceptors (Lipinski definition) is 7. The lowest BCUT2D eigenvalue weighted by atomic mass is 10.4. The van der Waals surface area contributed by atoms with Gasteiger partial charge in [0.15, 0.2) is 0 Å².